The molecule has 0 N–H and O–H groups in total. The third kappa shape index (κ3) is 3.99. The first-order chi connectivity index (χ1) is 3.66. The molecule has 3 heteroatoms. The van der Waals surface area contributed by atoms with Gasteiger partial charge in [-0.2, -0.15) is 12.6 Å². The van der Waals surface area contributed by atoms with Gasteiger partial charge in [-0.15, -0.1) is 0 Å². The van der Waals surface area contributed by atoms with Gasteiger partial charge in [0.15, 0.2) is 0 Å². The van der Waals surface area contributed by atoms with Gasteiger partial charge in [-0.3, -0.25) is 4.79 Å². The summed E-state index contributed by atoms with van der Waals surface area (Å²) in [6.07, 6.45) is -0.0594. The number of rotatable bonds is 2. The van der Waals surface area contributed by atoms with Crippen molar-refractivity contribution in [2.45, 2.75) is 20.0 Å². The fraction of sp³-hybridized carbons (Fsp3) is 0.800. The third-order valence-electron chi connectivity index (χ3n) is 0.624. The highest BCUT2D eigenvalue weighted by Crippen LogP contribution is 1.92. The minimum atomic E-state index is -0.244. The summed E-state index contributed by atoms with van der Waals surface area (Å²) in [5, 5.41) is 0. The van der Waals surface area contributed by atoms with E-state index in [1.165, 1.54) is 6.92 Å². The topological polar surface area (TPSA) is 26.3 Å². The monoisotopic (exact) mass is 134 g/mol. The highest BCUT2D eigenvalue weighted by Gasteiger charge is 1.99. The molecule has 1 unspecified atom stereocenters. The largest absolute Gasteiger partial charge is 0.462 e. The van der Waals surface area contributed by atoms with Gasteiger partial charge in [-0.25, -0.2) is 0 Å². The lowest BCUT2D eigenvalue weighted by Crippen LogP contribution is -2.12. The molecule has 8 heavy (non-hydrogen) atoms. The zero-order chi connectivity index (χ0) is 6.57. The molecule has 0 bridgehead atoms. The summed E-state index contributed by atoms with van der Waals surface area (Å²) in [5.74, 6) is 0.339. The maximum atomic E-state index is 10.2. The van der Waals surface area contributed by atoms with E-state index in [4.69, 9.17) is 0 Å². The van der Waals surface area contributed by atoms with Crippen LogP contribution in [0.15, 0.2) is 0 Å². The van der Waals surface area contributed by atoms with Crippen LogP contribution >= 0.6 is 12.6 Å². The molecule has 0 rings (SSSR count). The Morgan fingerprint density at radius 2 is 2.38 bits per heavy atom. The summed E-state index contributed by atoms with van der Waals surface area (Å²) in [4.78, 5) is 10.2. The molecule has 0 aromatic rings. The standard InChI is InChI=1S/C5H10O2S/c1-4(3-8)7-5(2)6/h4,8H,3H2,1-2H3. The number of carbonyl (C=O) groups excluding carboxylic acids is 1. The van der Waals surface area contributed by atoms with Crippen LogP contribution in [0.1, 0.15) is 13.8 Å². The van der Waals surface area contributed by atoms with Gasteiger partial charge >= 0.3 is 5.97 Å². The van der Waals surface area contributed by atoms with Gasteiger partial charge in [0, 0.05) is 12.7 Å². The smallest absolute Gasteiger partial charge is 0.302 e. The predicted molar refractivity (Wildman–Crippen MR) is 35.1 cm³/mol. The van der Waals surface area contributed by atoms with Crippen LogP contribution in [-0.2, 0) is 9.53 Å². The number of thiol groups is 1. The van der Waals surface area contributed by atoms with E-state index in [0.29, 0.717) is 5.75 Å². The summed E-state index contributed by atoms with van der Waals surface area (Å²) in [7, 11) is 0. The fourth-order valence-electron chi connectivity index (χ4n) is 0.321. The molecule has 0 saturated heterocycles. The molecule has 0 aliphatic rings. The van der Waals surface area contributed by atoms with Crippen LogP contribution in [0.5, 0.6) is 0 Å². The minimum absolute atomic E-state index is 0.0594. The quantitative estimate of drug-likeness (QED) is 0.448. The average Bonchev–Trinajstić information content (AvgIpc) is 1.65. The Labute approximate surface area is 54.6 Å². The van der Waals surface area contributed by atoms with Crippen molar-refractivity contribution in [2.24, 2.45) is 0 Å². The molecule has 0 spiro atoms. The summed E-state index contributed by atoms with van der Waals surface area (Å²) in [6.45, 7) is 3.19. The molecule has 0 aromatic carbocycles. The molecule has 0 aromatic heterocycles. The summed E-state index contributed by atoms with van der Waals surface area (Å²) < 4.78 is 4.68. The van der Waals surface area contributed by atoms with Gasteiger partial charge in [-0.05, 0) is 6.92 Å². The Bertz CT molecular complexity index is 82.5. The van der Waals surface area contributed by atoms with E-state index in [9.17, 15) is 4.79 Å². The van der Waals surface area contributed by atoms with Crippen molar-refractivity contribution < 1.29 is 9.53 Å². The highest BCUT2D eigenvalue weighted by molar-refractivity contribution is 7.80. The van der Waals surface area contributed by atoms with Crippen LogP contribution in [0.2, 0.25) is 0 Å². The molecule has 0 amide bonds. The molecule has 1 atom stereocenters. The van der Waals surface area contributed by atoms with E-state index in [1.807, 2.05) is 0 Å². The molecular formula is C5H10O2S. The van der Waals surface area contributed by atoms with Crippen LogP contribution in [0.4, 0.5) is 0 Å². The van der Waals surface area contributed by atoms with Crippen molar-refractivity contribution in [2.75, 3.05) is 5.75 Å². The SMILES string of the molecule is CC(=O)OC(C)CS. The van der Waals surface area contributed by atoms with Gasteiger partial charge in [0.1, 0.15) is 6.10 Å². The van der Waals surface area contributed by atoms with Crippen LogP contribution < -0.4 is 0 Å². The number of hydrogen-bond donors (Lipinski definition) is 1. The van der Waals surface area contributed by atoms with Crippen LogP contribution in [-0.4, -0.2) is 17.8 Å². The molecular weight excluding hydrogens is 124 g/mol. The molecule has 0 radical (unpaired) electrons. The van der Waals surface area contributed by atoms with Crippen molar-refractivity contribution in [1.29, 1.82) is 0 Å². The third-order valence-corrected chi connectivity index (χ3v) is 1.14. The minimum Gasteiger partial charge on any atom is -0.462 e. The number of esters is 1. The second kappa shape index (κ2) is 3.78. The summed E-state index contributed by atoms with van der Waals surface area (Å²) in [6, 6.07) is 0. The molecule has 0 aliphatic carbocycles. The second-order valence-electron chi connectivity index (χ2n) is 1.60. The molecule has 0 saturated carbocycles. The van der Waals surface area contributed by atoms with Crippen LogP contribution in [0.3, 0.4) is 0 Å². The molecule has 0 heterocycles. The zero-order valence-electron chi connectivity index (χ0n) is 5.05. The maximum Gasteiger partial charge on any atom is 0.302 e. The number of carbonyl (C=O) groups is 1. The summed E-state index contributed by atoms with van der Waals surface area (Å²) in [5.41, 5.74) is 0. The van der Waals surface area contributed by atoms with Crippen molar-refractivity contribution >= 4 is 18.6 Å². The van der Waals surface area contributed by atoms with E-state index >= 15 is 0 Å². The van der Waals surface area contributed by atoms with E-state index < -0.39 is 0 Å². The Kier molecular flexibility index (Phi) is 3.69. The van der Waals surface area contributed by atoms with Crippen molar-refractivity contribution in [1.82, 2.24) is 0 Å². The van der Waals surface area contributed by atoms with E-state index in [-0.39, 0.29) is 12.1 Å². The number of ether oxygens (including phenoxy) is 1. The van der Waals surface area contributed by atoms with Gasteiger partial charge in [0.25, 0.3) is 0 Å². The normalized spacial score (nSPS) is 12.9. The lowest BCUT2D eigenvalue weighted by atomic mass is 10.5. The van der Waals surface area contributed by atoms with Gasteiger partial charge in [0.05, 0.1) is 0 Å². The summed E-state index contributed by atoms with van der Waals surface area (Å²) >= 11 is 3.91. The maximum absolute atomic E-state index is 10.2. The predicted octanol–water partition coefficient (Wildman–Crippen LogP) is 0.868. The molecule has 0 fully saturated rings. The Hall–Kier alpha value is -0.180. The number of hydrogen-bond acceptors (Lipinski definition) is 3. The fourth-order valence-corrected chi connectivity index (χ4v) is 0.395. The van der Waals surface area contributed by atoms with Crippen LogP contribution in [0, 0.1) is 0 Å². The Morgan fingerprint density at radius 1 is 1.88 bits per heavy atom. The molecule has 48 valence electrons. The van der Waals surface area contributed by atoms with Crippen molar-refractivity contribution in [3.63, 3.8) is 0 Å². The molecule has 2 nitrogen and oxygen atoms in total. The second-order valence-corrected chi connectivity index (χ2v) is 1.97. The lowest BCUT2D eigenvalue weighted by molar-refractivity contribution is -0.144. The highest BCUT2D eigenvalue weighted by atomic mass is 32.1. The van der Waals surface area contributed by atoms with E-state index in [0.717, 1.165) is 0 Å². The van der Waals surface area contributed by atoms with Crippen molar-refractivity contribution in [3.8, 4) is 0 Å². The first-order valence-electron chi connectivity index (χ1n) is 2.45. The van der Waals surface area contributed by atoms with E-state index in [2.05, 4.69) is 17.4 Å². The van der Waals surface area contributed by atoms with Crippen LogP contribution in [0.25, 0.3) is 0 Å². The van der Waals surface area contributed by atoms with Crippen molar-refractivity contribution in [3.05, 3.63) is 0 Å². The Morgan fingerprint density at radius 3 is 2.50 bits per heavy atom. The Balaban J connectivity index is 3.24. The van der Waals surface area contributed by atoms with Gasteiger partial charge in [0.2, 0.25) is 0 Å². The van der Waals surface area contributed by atoms with Gasteiger partial charge in [-0.1, -0.05) is 0 Å². The lowest BCUT2D eigenvalue weighted by Gasteiger charge is -2.06. The average molecular weight is 134 g/mol. The first kappa shape index (κ1) is 7.82. The first-order valence-corrected chi connectivity index (χ1v) is 3.08. The molecule has 0 aliphatic heterocycles. The van der Waals surface area contributed by atoms with E-state index in [1.54, 1.807) is 6.92 Å². The van der Waals surface area contributed by atoms with Gasteiger partial charge < -0.3 is 4.74 Å². The zero-order valence-corrected chi connectivity index (χ0v) is 5.94.